The van der Waals surface area contributed by atoms with Gasteiger partial charge in [-0.3, -0.25) is 9.69 Å². The topological polar surface area (TPSA) is 53.4 Å². The molecule has 1 aromatic carbocycles. The summed E-state index contributed by atoms with van der Waals surface area (Å²) in [4.78, 5) is 18.4. The lowest BCUT2D eigenvalue weighted by Crippen LogP contribution is -2.53. The van der Waals surface area contributed by atoms with Crippen molar-refractivity contribution in [3.05, 3.63) is 29.3 Å². The quantitative estimate of drug-likeness (QED) is 0.944. The Morgan fingerprint density at radius 2 is 2.24 bits per heavy atom. The molecule has 0 saturated carbocycles. The Kier molecular flexibility index (Phi) is 3.71. The zero-order valence-corrected chi connectivity index (χ0v) is 13.2. The minimum absolute atomic E-state index is 0.194. The molecule has 2 aromatic rings. The van der Waals surface area contributed by atoms with E-state index in [-0.39, 0.29) is 5.41 Å². The summed E-state index contributed by atoms with van der Waals surface area (Å²) in [5, 5.41) is 10.6. The second-order valence-electron chi connectivity index (χ2n) is 6.38. The van der Waals surface area contributed by atoms with Crippen LogP contribution < -0.4 is 0 Å². The fraction of sp³-hybridized carbons (Fsp3) is 0.500. The molecule has 1 atom stereocenters. The molecule has 1 unspecified atom stereocenters. The molecule has 0 bridgehead atoms. The lowest BCUT2D eigenvalue weighted by Gasteiger charge is -2.43. The number of hydrogen-bond acceptors (Lipinski definition) is 4. The molecule has 5 heteroatoms. The third kappa shape index (κ3) is 2.80. The Morgan fingerprint density at radius 3 is 2.95 bits per heavy atom. The molecule has 3 rings (SSSR count). The van der Waals surface area contributed by atoms with E-state index in [2.05, 4.69) is 29.8 Å². The van der Waals surface area contributed by atoms with E-state index < -0.39 is 12.0 Å². The third-order valence-corrected chi connectivity index (χ3v) is 5.30. The van der Waals surface area contributed by atoms with Gasteiger partial charge in [-0.15, -0.1) is 11.3 Å². The van der Waals surface area contributed by atoms with Crippen molar-refractivity contribution in [1.29, 1.82) is 0 Å². The van der Waals surface area contributed by atoms with Gasteiger partial charge in [0.15, 0.2) is 0 Å². The van der Waals surface area contributed by atoms with Crippen LogP contribution in [0.4, 0.5) is 0 Å². The van der Waals surface area contributed by atoms with Crippen LogP contribution in [-0.2, 0) is 11.3 Å². The summed E-state index contributed by atoms with van der Waals surface area (Å²) in [6.07, 6.45) is 2.00. The number of likely N-dealkylation sites (tertiary alicyclic amines) is 1. The Balaban J connectivity index is 1.86. The number of nitrogens with zero attached hydrogens (tertiary/aromatic N) is 2. The number of carbonyl (C=O) groups is 1. The Bertz CT molecular complexity index is 632. The molecule has 1 fully saturated rings. The predicted octanol–water partition coefficient (Wildman–Crippen LogP) is 3.37. The molecule has 112 valence electrons. The fourth-order valence-electron chi connectivity index (χ4n) is 3.32. The van der Waals surface area contributed by atoms with E-state index in [4.69, 9.17) is 0 Å². The molecule has 0 amide bonds. The van der Waals surface area contributed by atoms with E-state index in [0.29, 0.717) is 6.54 Å². The number of hydrogen-bond donors (Lipinski definition) is 1. The van der Waals surface area contributed by atoms with E-state index >= 15 is 0 Å². The van der Waals surface area contributed by atoms with Gasteiger partial charge in [0.1, 0.15) is 11.0 Å². The number of carboxylic acids is 1. The molecule has 1 aliphatic rings. The monoisotopic (exact) mass is 304 g/mol. The van der Waals surface area contributed by atoms with Crippen molar-refractivity contribution in [3.8, 4) is 0 Å². The number of carboxylic acid groups (broad SMARTS) is 1. The zero-order chi connectivity index (χ0) is 15.0. The number of benzene rings is 1. The van der Waals surface area contributed by atoms with Gasteiger partial charge >= 0.3 is 5.97 Å². The summed E-state index contributed by atoms with van der Waals surface area (Å²) in [5.74, 6) is -0.721. The van der Waals surface area contributed by atoms with Crippen LogP contribution >= 0.6 is 11.3 Å². The number of aromatic nitrogens is 1. The van der Waals surface area contributed by atoms with Crippen LogP contribution in [0, 0.1) is 5.41 Å². The van der Waals surface area contributed by atoms with Crippen molar-refractivity contribution in [3.63, 3.8) is 0 Å². The van der Waals surface area contributed by atoms with Crippen molar-refractivity contribution >= 4 is 27.5 Å². The average molecular weight is 304 g/mol. The van der Waals surface area contributed by atoms with E-state index in [9.17, 15) is 9.90 Å². The molecule has 0 radical (unpaired) electrons. The molecule has 1 aromatic heterocycles. The standard InChI is InChI=1S/C16H20N2O2S/c1-16(2)8-5-9-18(14(16)15(19)20)10-13-17-11-6-3-4-7-12(11)21-13/h3-4,6-7,14H,5,8-10H2,1-2H3,(H,19,20). The summed E-state index contributed by atoms with van der Waals surface area (Å²) < 4.78 is 1.16. The first-order valence-electron chi connectivity index (χ1n) is 7.29. The summed E-state index contributed by atoms with van der Waals surface area (Å²) >= 11 is 1.66. The molecule has 2 heterocycles. The highest BCUT2D eigenvalue weighted by atomic mass is 32.1. The lowest BCUT2D eigenvalue weighted by molar-refractivity contribution is -0.151. The second kappa shape index (κ2) is 5.39. The molecular formula is C16H20N2O2S. The van der Waals surface area contributed by atoms with Gasteiger partial charge in [0.25, 0.3) is 0 Å². The number of para-hydroxylation sites is 1. The highest BCUT2D eigenvalue weighted by Gasteiger charge is 2.42. The van der Waals surface area contributed by atoms with Crippen LogP contribution in [0.15, 0.2) is 24.3 Å². The number of aliphatic carboxylic acids is 1. The van der Waals surface area contributed by atoms with Crippen LogP contribution in [0.1, 0.15) is 31.7 Å². The number of rotatable bonds is 3. The molecule has 1 aliphatic heterocycles. The number of piperidine rings is 1. The third-order valence-electron chi connectivity index (χ3n) is 4.28. The van der Waals surface area contributed by atoms with Crippen molar-refractivity contribution in [2.75, 3.05) is 6.54 Å². The van der Waals surface area contributed by atoms with E-state index in [1.807, 2.05) is 18.2 Å². The number of thiazole rings is 1. The van der Waals surface area contributed by atoms with Crippen LogP contribution in [-0.4, -0.2) is 33.5 Å². The lowest BCUT2D eigenvalue weighted by atomic mass is 9.76. The normalized spacial score (nSPS) is 22.5. The maximum Gasteiger partial charge on any atom is 0.321 e. The van der Waals surface area contributed by atoms with Gasteiger partial charge in [0.2, 0.25) is 0 Å². The molecule has 0 aliphatic carbocycles. The van der Waals surface area contributed by atoms with Crippen molar-refractivity contribution in [1.82, 2.24) is 9.88 Å². The first kappa shape index (κ1) is 14.5. The highest BCUT2D eigenvalue weighted by Crippen LogP contribution is 2.36. The smallest absolute Gasteiger partial charge is 0.321 e. The van der Waals surface area contributed by atoms with Crippen LogP contribution in [0.5, 0.6) is 0 Å². The molecular weight excluding hydrogens is 284 g/mol. The minimum Gasteiger partial charge on any atom is -0.480 e. The largest absolute Gasteiger partial charge is 0.480 e. The van der Waals surface area contributed by atoms with E-state index in [1.165, 1.54) is 0 Å². The Hall–Kier alpha value is -1.46. The molecule has 1 saturated heterocycles. The highest BCUT2D eigenvalue weighted by molar-refractivity contribution is 7.18. The van der Waals surface area contributed by atoms with Gasteiger partial charge in [-0.05, 0) is 36.9 Å². The Labute approximate surface area is 128 Å². The zero-order valence-electron chi connectivity index (χ0n) is 12.4. The van der Waals surface area contributed by atoms with Gasteiger partial charge in [0.05, 0.1) is 16.8 Å². The first-order chi connectivity index (χ1) is 9.97. The molecule has 21 heavy (non-hydrogen) atoms. The first-order valence-corrected chi connectivity index (χ1v) is 8.10. The number of fused-ring (bicyclic) bond motifs is 1. The Morgan fingerprint density at radius 1 is 1.48 bits per heavy atom. The maximum absolute atomic E-state index is 11.7. The second-order valence-corrected chi connectivity index (χ2v) is 7.49. The summed E-state index contributed by atoms with van der Waals surface area (Å²) in [7, 11) is 0. The van der Waals surface area contributed by atoms with Gasteiger partial charge in [-0.1, -0.05) is 26.0 Å². The predicted molar refractivity (Wildman–Crippen MR) is 84.5 cm³/mol. The van der Waals surface area contributed by atoms with Gasteiger partial charge in [-0.25, -0.2) is 4.98 Å². The average Bonchev–Trinajstić information content (AvgIpc) is 2.79. The van der Waals surface area contributed by atoms with Gasteiger partial charge in [-0.2, -0.15) is 0 Å². The summed E-state index contributed by atoms with van der Waals surface area (Å²) in [6.45, 7) is 5.56. The van der Waals surface area contributed by atoms with Crippen LogP contribution in [0.2, 0.25) is 0 Å². The molecule has 0 spiro atoms. The SMILES string of the molecule is CC1(C)CCCN(Cc2nc3ccccc3s2)C1C(=O)O. The van der Waals surface area contributed by atoms with Gasteiger partial charge < -0.3 is 5.11 Å². The van der Waals surface area contributed by atoms with Crippen LogP contribution in [0.25, 0.3) is 10.2 Å². The van der Waals surface area contributed by atoms with Crippen molar-refractivity contribution < 1.29 is 9.90 Å². The molecule has 4 nitrogen and oxygen atoms in total. The molecule has 1 N–H and O–H groups in total. The summed E-state index contributed by atoms with van der Waals surface area (Å²) in [6, 6.07) is 7.62. The minimum atomic E-state index is -0.721. The van der Waals surface area contributed by atoms with E-state index in [0.717, 1.165) is 34.6 Å². The van der Waals surface area contributed by atoms with Crippen molar-refractivity contribution in [2.45, 2.75) is 39.3 Å². The van der Waals surface area contributed by atoms with Crippen molar-refractivity contribution in [2.24, 2.45) is 5.41 Å². The van der Waals surface area contributed by atoms with E-state index in [1.54, 1.807) is 11.3 Å². The van der Waals surface area contributed by atoms with Crippen LogP contribution in [0.3, 0.4) is 0 Å². The maximum atomic E-state index is 11.7. The fourth-order valence-corrected chi connectivity index (χ4v) is 4.31. The van der Waals surface area contributed by atoms with Gasteiger partial charge in [0, 0.05) is 0 Å². The summed E-state index contributed by atoms with van der Waals surface area (Å²) in [5.41, 5.74) is 0.807.